The zero-order chi connectivity index (χ0) is 10.8. The molecule has 2 fully saturated rings. The predicted octanol–water partition coefficient (Wildman–Crippen LogP) is 1.22. The van der Waals surface area contributed by atoms with Crippen LogP contribution in [-0.2, 0) is 4.74 Å². The Morgan fingerprint density at radius 1 is 1.27 bits per heavy atom. The highest BCUT2D eigenvalue weighted by Gasteiger charge is 2.36. The molecule has 0 aromatic rings. The maximum Gasteiger partial charge on any atom is 0.0707 e. The van der Waals surface area contributed by atoms with Gasteiger partial charge in [-0.25, -0.2) is 0 Å². The number of nitrogens with two attached hydrogens (primary N) is 1. The molecule has 2 N–H and O–H groups in total. The second-order valence-electron chi connectivity index (χ2n) is 5.43. The smallest absolute Gasteiger partial charge is 0.0707 e. The molecule has 2 aliphatic heterocycles. The van der Waals surface area contributed by atoms with E-state index in [9.17, 15) is 0 Å². The average Bonchev–Trinajstić information content (AvgIpc) is 2.54. The third-order valence-electron chi connectivity index (χ3n) is 3.60. The van der Waals surface area contributed by atoms with Gasteiger partial charge in [-0.3, -0.25) is 4.90 Å². The van der Waals surface area contributed by atoms with E-state index < -0.39 is 0 Å². The van der Waals surface area contributed by atoms with Crippen LogP contribution in [0.2, 0.25) is 0 Å². The summed E-state index contributed by atoms with van der Waals surface area (Å²) in [4.78, 5) is 2.56. The number of hydrogen-bond acceptors (Lipinski definition) is 3. The second-order valence-corrected chi connectivity index (χ2v) is 5.43. The predicted molar refractivity (Wildman–Crippen MR) is 61.8 cm³/mol. The molecular formula is C12H24N2O. The molecule has 3 atom stereocenters. The van der Waals surface area contributed by atoms with Crippen LogP contribution < -0.4 is 5.73 Å². The number of fused-ring (bicyclic) bond motifs is 2. The lowest BCUT2D eigenvalue weighted by molar-refractivity contribution is -0.0538. The number of rotatable bonds is 4. The van der Waals surface area contributed by atoms with Gasteiger partial charge in [0.15, 0.2) is 0 Å². The van der Waals surface area contributed by atoms with Gasteiger partial charge in [-0.2, -0.15) is 0 Å². The molecule has 2 bridgehead atoms. The van der Waals surface area contributed by atoms with Crippen molar-refractivity contribution in [1.82, 2.24) is 4.90 Å². The number of ether oxygens (including phenoxy) is 1. The van der Waals surface area contributed by atoms with Crippen LogP contribution in [0, 0.1) is 5.92 Å². The van der Waals surface area contributed by atoms with E-state index in [1.807, 2.05) is 0 Å². The maximum absolute atomic E-state index is 5.88. The highest BCUT2D eigenvalue weighted by molar-refractivity contribution is 4.88. The Bertz CT molecular complexity index is 196. The van der Waals surface area contributed by atoms with Gasteiger partial charge in [-0.15, -0.1) is 0 Å². The minimum atomic E-state index is 0.491. The van der Waals surface area contributed by atoms with E-state index in [0.717, 1.165) is 25.6 Å². The Labute approximate surface area is 93.0 Å². The second kappa shape index (κ2) is 4.81. The highest BCUT2D eigenvalue weighted by atomic mass is 16.5. The van der Waals surface area contributed by atoms with Crippen molar-refractivity contribution in [3.05, 3.63) is 0 Å². The van der Waals surface area contributed by atoms with Crippen LogP contribution in [0.3, 0.4) is 0 Å². The average molecular weight is 212 g/mol. The minimum Gasteiger partial charge on any atom is -0.372 e. The van der Waals surface area contributed by atoms with Crippen molar-refractivity contribution in [2.24, 2.45) is 11.7 Å². The van der Waals surface area contributed by atoms with Gasteiger partial charge in [0.1, 0.15) is 0 Å². The zero-order valence-corrected chi connectivity index (χ0v) is 9.98. The SMILES string of the molecule is CC(C)CC(CN)N1CC2CCC(C1)O2. The first-order valence-electron chi connectivity index (χ1n) is 6.28. The van der Waals surface area contributed by atoms with E-state index in [0.29, 0.717) is 18.2 Å². The summed E-state index contributed by atoms with van der Waals surface area (Å²) < 4.78 is 5.84. The standard InChI is InChI=1S/C12H24N2O/c1-9(2)5-10(6-13)14-7-11-3-4-12(8-14)15-11/h9-12H,3-8,13H2,1-2H3. The fourth-order valence-corrected chi connectivity index (χ4v) is 2.88. The lowest BCUT2D eigenvalue weighted by Crippen LogP contribution is -2.50. The van der Waals surface area contributed by atoms with E-state index in [2.05, 4.69) is 18.7 Å². The van der Waals surface area contributed by atoms with Gasteiger partial charge in [0.05, 0.1) is 12.2 Å². The summed E-state index contributed by atoms with van der Waals surface area (Å²) in [5.74, 6) is 0.735. The van der Waals surface area contributed by atoms with Crippen LogP contribution in [0.1, 0.15) is 33.1 Å². The maximum atomic E-state index is 5.88. The van der Waals surface area contributed by atoms with E-state index in [4.69, 9.17) is 10.5 Å². The van der Waals surface area contributed by atoms with Crippen LogP contribution >= 0.6 is 0 Å². The van der Waals surface area contributed by atoms with Gasteiger partial charge < -0.3 is 10.5 Å². The Morgan fingerprint density at radius 2 is 1.87 bits per heavy atom. The quantitative estimate of drug-likeness (QED) is 0.761. The topological polar surface area (TPSA) is 38.5 Å². The molecule has 2 heterocycles. The molecule has 0 aromatic carbocycles. The van der Waals surface area contributed by atoms with Crippen molar-refractivity contribution in [3.8, 4) is 0 Å². The summed E-state index contributed by atoms with van der Waals surface area (Å²) in [6.07, 6.45) is 4.70. The van der Waals surface area contributed by atoms with Crippen LogP contribution in [-0.4, -0.2) is 42.8 Å². The summed E-state index contributed by atoms with van der Waals surface area (Å²) in [6, 6.07) is 0.567. The Balaban J connectivity index is 1.91. The van der Waals surface area contributed by atoms with E-state index >= 15 is 0 Å². The Kier molecular flexibility index (Phi) is 3.65. The summed E-state index contributed by atoms with van der Waals surface area (Å²) in [6.45, 7) is 7.54. The molecule has 0 amide bonds. The Hall–Kier alpha value is -0.120. The van der Waals surface area contributed by atoms with E-state index in [1.54, 1.807) is 0 Å². The number of nitrogens with zero attached hydrogens (tertiary/aromatic N) is 1. The first kappa shape index (κ1) is 11.4. The van der Waals surface area contributed by atoms with Gasteiger partial charge in [-0.1, -0.05) is 13.8 Å². The van der Waals surface area contributed by atoms with Crippen LogP contribution in [0.25, 0.3) is 0 Å². The molecule has 3 heteroatoms. The molecule has 0 spiro atoms. The van der Waals surface area contributed by atoms with E-state index in [-0.39, 0.29) is 0 Å². The highest BCUT2D eigenvalue weighted by Crippen LogP contribution is 2.28. The van der Waals surface area contributed by atoms with Crippen molar-refractivity contribution in [3.63, 3.8) is 0 Å². The third kappa shape index (κ3) is 2.71. The fraction of sp³-hybridized carbons (Fsp3) is 1.00. The van der Waals surface area contributed by atoms with Crippen LogP contribution in [0.5, 0.6) is 0 Å². The lowest BCUT2D eigenvalue weighted by atomic mass is 10.0. The molecule has 3 unspecified atom stereocenters. The zero-order valence-electron chi connectivity index (χ0n) is 9.98. The van der Waals surface area contributed by atoms with Gasteiger partial charge in [0, 0.05) is 25.7 Å². The van der Waals surface area contributed by atoms with Gasteiger partial charge in [-0.05, 0) is 25.2 Å². The molecular weight excluding hydrogens is 188 g/mol. The Morgan fingerprint density at radius 3 is 2.33 bits per heavy atom. The number of likely N-dealkylation sites (tertiary alicyclic amines) is 1. The molecule has 2 rings (SSSR count). The molecule has 0 aromatic heterocycles. The summed E-state index contributed by atoms with van der Waals surface area (Å²) in [5, 5.41) is 0. The first-order chi connectivity index (χ1) is 7.19. The lowest BCUT2D eigenvalue weighted by Gasteiger charge is -2.38. The van der Waals surface area contributed by atoms with Gasteiger partial charge in [0.25, 0.3) is 0 Å². The number of hydrogen-bond donors (Lipinski definition) is 1. The summed E-state index contributed by atoms with van der Waals surface area (Å²) in [5.41, 5.74) is 5.88. The monoisotopic (exact) mass is 212 g/mol. The van der Waals surface area contributed by atoms with E-state index in [1.165, 1.54) is 19.3 Å². The van der Waals surface area contributed by atoms with Crippen molar-refractivity contribution in [2.45, 2.75) is 51.4 Å². The van der Waals surface area contributed by atoms with Gasteiger partial charge >= 0.3 is 0 Å². The van der Waals surface area contributed by atoms with Crippen molar-refractivity contribution in [1.29, 1.82) is 0 Å². The minimum absolute atomic E-state index is 0.491. The molecule has 88 valence electrons. The molecule has 2 aliphatic rings. The first-order valence-corrected chi connectivity index (χ1v) is 6.28. The third-order valence-corrected chi connectivity index (χ3v) is 3.60. The van der Waals surface area contributed by atoms with Crippen molar-refractivity contribution >= 4 is 0 Å². The fourth-order valence-electron chi connectivity index (χ4n) is 2.88. The summed E-state index contributed by atoms with van der Waals surface area (Å²) >= 11 is 0. The largest absolute Gasteiger partial charge is 0.372 e. The van der Waals surface area contributed by atoms with Crippen LogP contribution in [0.15, 0.2) is 0 Å². The number of morpholine rings is 1. The van der Waals surface area contributed by atoms with Crippen molar-refractivity contribution < 1.29 is 4.74 Å². The summed E-state index contributed by atoms with van der Waals surface area (Å²) in [7, 11) is 0. The molecule has 0 aliphatic carbocycles. The molecule has 2 saturated heterocycles. The molecule has 15 heavy (non-hydrogen) atoms. The van der Waals surface area contributed by atoms with Crippen molar-refractivity contribution in [2.75, 3.05) is 19.6 Å². The molecule has 0 radical (unpaired) electrons. The normalized spacial score (nSPS) is 33.6. The van der Waals surface area contributed by atoms with Crippen LogP contribution in [0.4, 0.5) is 0 Å². The molecule has 3 nitrogen and oxygen atoms in total. The van der Waals surface area contributed by atoms with Gasteiger partial charge in [0.2, 0.25) is 0 Å². The molecule has 0 saturated carbocycles.